The Morgan fingerprint density at radius 3 is 2.77 bits per heavy atom. The van der Waals surface area contributed by atoms with E-state index in [1.54, 1.807) is 0 Å². The predicted molar refractivity (Wildman–Crippen MR) is 92.3 cm³/mol. The fraction of sp³-hybridized carbons (Fsp3) is 0.278. The lowest BCUT2D eigenvalue weighted by Gasteiger charge is -2.08. The van der Waals surface area contributed by atoms with Gasteiger partial charge in [0.2, 0.25) is 0 Å². The second-order valence-electron chi connectivity index (χ2n) is 5.36. The standard InChI is InChI=1S/C18H19BrN2O/c1-2-3-9-15-11-21-12-16(19)17(10-18(21)20-15)22-13-14-7-5-4-6-8-14/h4-8,10-12H,2-3,9,13H2,1H3. The van der Waals surface area contributed by atoms with Crippen molar-refractivity contribution in [3.63, 3.8) is 0 Å². The molecule has 0 aliphatic carbocycles. The van der Waals surface area contributed by atoms with Crippen molar-refractivity contribution in [2.24, 2.45) is 0 Å². The van der Waals surface area contributed by atoms with Gasteiger partial charge in [-0.05, 0) is 34.3 Å². The van der Waals surface area contributed by atoms with E-state index in [4.69, 9.17) is 4.74 Å². The Kier molecular flexibility index (Phi) is 4.78. The van der Waals surface area contributed by atoms with Gasteiger partial charge in [0.25, 0.3) is 0 Å². The molecule has 0 aliphatic heterocycles. The first-order valence-corrected chi connectivity index (χ1v) is 8.39. The molecular weight excluding hydrogens is 340 g/mol. The molecule has 3 nitrogen and oxygen atoms in total. The normalized spacial score (nSPS) is 11.0. The van der Waals surface area contributed by atoms with Crippen molar-refractivity contribution < 1.29 is 4.74 Å². The molecule has 114 valence electrons. The molecule has 0 amide bonds. The lowest BCUT2D eigenvalue weighted by molar-refractivity contribution is 0.304. The summed E-state index contributed by atoms with van der Waals surface area (Å²) in [6.07, 6.45) is 7.48. The molecule has 0 bridgehead atoms. The number of fused-ring (bicyclic) bond motifs is 1. The molecule has 2 aromatic heterocycles. The summed E-state index contributed by atoms with van der Waals surface area (Å²) in [6, 6.07) is 12.2. The lowest BCUT2D eigenvalue weighted by atomic mass is 10.2. The number of aromatic nitrogens is 2. The van der Waals surface area contributed by atoms with Crippen molar-refractivity contribution in [2.45, 2.75) is 32.8 Å². The summed E-state index contributed by atoms with van der Waals surface area (Å²) < 4.78 is 8.91. The summed E-state index contributed by atoms with van der Waals surface area (Å²) in [5, 5.41) is 0. The van der Waals surface area contributed by atoms with Crippen LogP contribution in [-0.2, 0) is 13.0 Å². The van der Waals surface area contributed by atoms with Crippen LogP contribution < -0.4 is 4.74 Å². The molecule has 3 aromatic rings. The fourth-order valence-corrected chi connectivity index (χ4v) is 2.82. The number of aryl methyl sites for hydroxylation is 1. The van der Waals surface area contributed by atoms with E-state index in [1.807, 2.05) is 34.9 Å². The minimum absolute atomic E-state index is 0.555. The van der Waals surface area contributed by atoms with Gasteiger partial charge >= 0.3 is 0 Å². The van der Waals surface area contributed by atoms with E-state index in [0.717, 1.165) is 33.5 Å². The Balaban J connectivity index is 1.79. The second-order valence-corrected chi connectivity index (χ2v) is 6.22. The van der Waals surface area contributed by atoms with Crippen molar-refractivity contribution in [3.8, 4) is 5.75 Å². The minimum atomic E-state index is 0.555. The molecule has 2 heterocycles. The van der Waals surface area contributed by atoms with Crippen LogP contribution in [0.3, 0.4) is 0 Å². The van der Waals surface area contributed by atoms with E-state index >= 15 is 0 Å². The SMILES string of the molecule is CCCCc1cn2cc(Br)c(OCc3ccccc3)cc2n1. The number of hydrogen-bond acceptors (Lipinski definition) is 2. The van der Waals surface area contributed by atoms with Crippen LogP contribution >= 0.6 is 15.9 Å². The van der Waals surface area contributed by atoms with Gasteiger partial charge in [-0.25, -0.2) is 4.98 Å². The average molecular weight is 359 g/mol. The topological polar surface area (TPSA) is 26.5 Å². The highest BCUT2D eigenvalue weighted by atomic mass is 79.9. The van der Waals surface area contributed by atoms with Gasteiger partial charge in [-0.15, -0.1) is 0 Å². The lowest BCUT2D eigenvalue weighted by Crippen LogP contribution is -1.97. The summed E-state index contributed by atoms with van der Waals surface area (Å²) in [7, 11) is 0. The second kappa shape index (κ2) is 6.97. The molecule has 22 heavy (non-hydrogen) atoms. The monoisotopic (exact) mass is 358 g/mol. The maximum atomic E-state index is 5.92. The number of ether oxygens (including phenoxy) is 1. The number of rotatable bonds is 6. The Bertz CT molecular complexity index is 752. The summed E-state index contributed by atoms with van der Waals surface area (Å²) in [5.41, 5.74) is 3.22. The molecule has 0 radical (unpaired) electrons. The fourth-order valence-electron chi connectivity index (χ4n) is 2.37. The van der Waals surface area contributed by atoms with Gasteiger partial charge in [0.15, 0.2) is 0 Å². The molecular formula is C18H19BrN2O. The van der Waals surface area contributed by atoms with E-state index < -0.39 is 0 Å². The van der Waals surface area contributed by atoms with Crippen LogP contribution in [0.2, 0.25) is 0 Å². The Morgan fingerprint density at radius 2 is 2.00 bits per heavy atom. The zero-order chi connectivity index (χ0) is 15.4. The molecule has 0 saturated heterocycles. The smallest absolute Gasteiger partial charge is 0.140 e. The van der Waals surface area contributed by atoms with E-state index in [2.05, 4.69) is 46.2 Å². The highest BCUT2D eigenvalue weighted by molar-refractivity contribution is 9.10. The maximum Gasteiger partial charge on any atom is 0.140 e. The van der Waals surface area contributed by atoms with Gasteiger partial charge in [-0.3, -0.25) is 0 Å². The quantitative estimate of drug-likeness (QED) is 0.618. The van der Waals surface area contributed by atoms with Crippen molar-refractivity contribution in [2.75, 3.05) is 0 Å². The molecule has 0 aliphatic rings. The van der Waals surface area contributed by atoms with Gasteiger partial charge in [0.1, 0.15) is 18.0 Å². The van der Waals surface area contributed by atoms with Crippen molar-refractivity contribution >= 4 is 21.6 Å². The van der Waals surface area contributed by atoms with E-state index in [0.29, 0.717) is 6.61 Å². The molecule has 0 saturated carbocycles. The highest BCUT2D eigenvalue weighted by Gasteiger charge is 2.08. The van der Waals surface area contributed by atoms with Crippen molar-refractivity contribution in [1.29, 1.82) is 0 Å². The zero-order valence-electron chi connectivity index (χ0n) is 12.6. The van der Waals surface area contributed by atoms with E-state index in [9.17, 15) is 0 Å². The van der Waals surface area contributed by atoms with Gasteiger partial charge in [0, 0.05) is 18.5 Å². The van der Waals surface area contributed by atoms with Crippen LogP contribution in [0.1, 0.15) is 31.0 Å². The number of pyridine rings is 1. The number of hydrogen-bond donors (Lipinski definition) is 0. The summed E-state index contributed by atoms with van der Waals surface area (Å²) in [4.78, 5) is 4.67. The third kappa shape index (κ3) is 3.50. The molecule has 3 rings (SSSR count). The molecule has 0 atom stereocenters. The summed E-state index contributed by atoms with van der Waals surface area (Å²) >= 11 is 3.58. The van der Waals surface area contributed by atoms with Gasteiger partial charge in [-0.2, -0.15) is 0 Å². The highest BCUT2D eigenvalue weighted by Crippen LogP contribution is 2.27. The van der Waals surface area contributed by atoms with Crippen LogP contribution in [0, 0.1) is 0 Å². The van der Waals surface area contributed by atoms with Gasteiger partial charge < -0.3 is 9.14 Å². The molecule has 1 aromatic carbocycles. The molecule has 0 unspecified atom stereocenters. The number of benzene rings is 1. The molecule has 4 heteroatoms. The number of unbranched alkanes of at least 4 members (excludes halogenated alkanes) is 1. The number of nitrogens with zero attached hydrogens (tertiary/aromatic N) is 2. The van der Waals surface area contributed by atoms with Crippen LogP contribution in [0.5, 0.6) is 5.75 Å². The molecule has 0 fully saturated rings. The van der Waals surface area contributed by atoms with E-state index in [-0.39, 0.29) is 0 Å². The van der Waals surface area contributed by atoms with Gasteiger partial charge in [-0.1, -0.05) is 43.7 Å². The maximum absolute atomic E-state index is 5.92. The largest absolute Gasteiger partial charge is 0.488 e. The summed E-state index contributed by atoms with van der Waals surface area (Å²) in [6.45, 7) is 2.75. The molecule has 0 spiro atoms. The molecule has 0 N–H and O–H groups in total. The zero-order valence-corrected chi connectivity index (χ0v) is 14.2. The summed E-state index contributed by atoms with van der Waals surface area (Å²) in [5.74, 6) is 0.823. The van der Waals surface area contributed by atoms with Crippen LogP contribution in [0.4, 0.5) is 0 Å². The third-order valence-electron chi connectivity index (χ3n) is 3.58. The van der Waals surface area contributed by atoms with Gasteiger partial charge in [0.05, 0.1) is 10.2 Å². The first kappa shape index (κ1) is 15.1. The third-order valence-corrected chi connectivity index (χ3v) is 4.18. The minimum Gasteiger partial charge on any atom is -0.488 e. The van der Waals surface area contributed by atoms with Crippen LogP contribution in [0.15, 0.2) is 53.3 Å². The number of imidazole rings is 1. The van der Waals surface area contributed by atoms with Crippen molar-refractivity contribution in [3.05, 3.63) is 64.5 Å². The first-order chi connectivity index (χ1) is 10.8. The number of halogens is 1. The predicted octanol–water partition coefficient (Wildman–Crippen LogP) is 5.02. The Morgan fingerprint density at radius 1 is 1.18 bits per heavy atom. The average Bonchev–Trinajstić information content (AvgIpc) is 2.93. The Labute approximate surface area is 139 Å². The van der Waals surface area contributed by atoms with Crippen LogP contribution in [-0.4, -0.2) is 9.38 Å². The first-order valence-electron chi connectivity index (χ1n) is 7.60. The van der Waals surface area contributed by atoms with E-state index in [1.165, 1.54) is 12.8 Å². The van der Waals surface area contributed by atoms with Crippen LogP contribution in [0.25, 0.3) is 5.65 Å². The van der Waals surface area contributed by atoms with Crippen molar-refractivity contribution in [1.82, 2.24) is 9.38 Å². The Hall–Kier alpha value is -1.81.